The van der Waals surface area contributed by atoms with Gasteiger partial charge in [-0.05, 0) is 5.56 Å². The van der Waals surface area contributed by atoms with Gasteiger partial charge in [0.1, 0.15) is 24.9 Å². The second-order valence-corrected chi connectivity index (χ2v) is 11.5. The largest absolute Gasteiger partial charge is 0.463 e. The van der Waals surface area contributed by atoms with E-state index in [9.17, 15) is 33.6 Å². The van der Waals surface area contributed by atoms with Crippen LogP contribution < -0.4 is 0 Å². The molecule has 18 heteroatoms. The van der Waals surface area contributed by atoms with E-state index in [1.165, 1.54) is 0 Å². The zero-order valence-corrected chi connectivity index (χ0v) is 29.1. The first kappa shape index (κ1) is 40.8. The van der Waals surface area contributed by atoms with E-state index in [-0.39, 0.29) is 6.61 Å². The predicted octanol–water partition coefficient (Wildman–Crippen LogP) is 0.823. The lowest BCUT2D eigenvalue weighted by Gasteiger charge is -2.46. The monoisotopic (exact) mass is 726 g/mol. The van der Waals surface area contributed by atoms with Crippen LogP contribution >= 0.6 is 0 Å². The number of benzene rings is 1. The summed E-state index contributed by atoms with van der Waals surface area (Å²) in [6.07, 6.45) is -14.6. The number of rotatable bonds is 14. The molecule has 1 unspecified atom stereocenters. The van der Waals surface area contributed by atoms with Crippen molar-refractivity contribution in [3.8, 4) is 0 Å². The van der Waals surface area contributed by atoms with Crippen LogP contribution in [0.1, 0.15) is 54.0 Å². The summed E-state index contributed by atoms with van der Waals surface area (Å²) >= 11 is 0. The summed E-state index contributed by atoms with van der Waals surface area (Å²) < 4.78 is 62.0. The van der Waals surface area contributed by atoms with E-state index >= 15 is 0 Å². The molecule has 1 aromatic carbocycles. The molecule has 2 aliphatic heterocycles. The Morgan fingerprint density at radius 1 is 0.471 bits per heavy atom. The Morgan fingerprint density at radius 3 is 1.39 bits per heavy atom. The normalized spacial score (nSPS) is 28.7. The molecule has 51 heavy (non-hydrogen) atoms. The average molecular weight is 727 g/mol. The van der Waals surface area contributed by atoms with E-state index in [1.54, 1.807) is 30.3 Å². The second-order valence-electron chi connectivity index (χ2n) is 11.5. The van der Waals surface area contributed by atoms with Gasteiger partial charge in [0.2, 0.25) is 12.4 Å². The second kappa shape index (κ2) is 19.1. The number of esters is 7. The Morgan fingerprint density at radius 2 is 0.902 bits per heavy atom. The van der Waals surface area contributed by atoms with Crippen molar-refractivity contribution >= 4 is 41.8 Å². The summed E-state index contributed by atoms with van der Waals surface area (Å²) in [5, 5.41) is 0. The maximum atomic E-state index is 12.4. The molecule has 0 aliphatic carbocycles. The SMILES string of the molecule is CC(=O)OC[C@H]1O[C@@H](OC[C@H]2OC(OC(C)=O)[C@H](OC(C)=O)[C@@H](OC(C)=O)[C@H]2OC(C)=O)[C@H](OCc2ccccc2)[C@@H](OC(C)=O)[C@H]1OC(C)=O. The summed E-state index contributed by atoms with van der Waals surface area (Å²) in [7, 11) is 0. The predicted molar refractivity (Wildman–Crippen MR) is 164 cm³/mol. The van der Waals surface area contributed by atoms with Crippen LogP contribution in [0, 0.1) is 0 Å². The van der Waals surface area contributed by atoms with Gasteiger partial charge in [0.15, 0.2) is 30.7 Å². The van der Waals surface area contributed by atoms with Gasteiger partial charge in [-0.3, -0.25) is 33.6 Å². The van der Waals surface area contributed by atoms with Gasteiger partial charge in [-0.15, -0.1) is 0 Å². The minimum Gasteiger partial charge on any atom is -0.463 e. The molecule has 0 bridgehead atoms. The van der Waals surface area contributed by atoms with Crippen molar-refractivity contribution in [1.82, 2.24) is 0 Å². The number of hydrogen-bond acceptors (Lipinski definition) is 18. The molecule has 3 rings (SSSR count). The zero-order valence-electron chi connectivity index (χ0n) is 29.1. The Balaban J connectivity index is 2.05. The third kappa shape index (κ3) is 12.6. The van der Waals surface area contributed by atoms with Gasteiger partial charge in [-0.25, -0.2) is 0 Å². The summed E-state index contributed by atoms with van der Waals surface area (Å²) in [6.45, 7) is 6.49. The molecule has 10 atom stereocenters. The van der Waals surface area contributed by atoms with Crippen LogP contribution in [0.2, 0.25) is 0 Å². The number of carbonyl (C=O) groups excluding carboxylic acids is 7. The van der Waals surface area contributed by atoms with Gasteiger partial charge in [-0.1, -0.05) is 30.3 Å². The van der Waals surface area contributed by atoms with Crippen LogP contribution in [0.25, 0.3) is 0 Å². The molecular formula is C33H42O18. The molecule has 0 saturated carbocycles. The summed E-state index contributed by atoms with van der Waals surface area (Å²) in [5.74, 6) is -5.69. The van der Waals surface area contributed by atoms with Crippen molar-refractivity contribution in [2.75, 3.05) is 13.2 Å². The minimum absolute atomic E-state index is 0.0724. The maximum absolute atomic E-state index is 12.4. The van der Waals surface area contributed by atoms with Gasteiger partial charge >= 0.3 is 41.8 Å². The summed E-state index contributed by atoms with van der Waals surface area (Å²) in [5.41, 5.74) is 0.694. The Bertz CT molecular complexity index is 1400. The molecule has 0 radical (unpaired) electrons. The molecule has 2 saturated heterocycles. The van der Waals surface area contributed by atoms with Gasteiger partial charge in [0.25, 0.3) is 0 Å². The van der Waals surface area contributed by atoms with E-state index in [1.807, 2.05) is 0 Å². The lowest BCUT2D eigenvalue weighted by atomic mass is 9.97. The minimum atomic E-state index is -1.67. The lowest BCUT2D eigenvalue weighted by Crippen LogP contribution is -2.65. The molecule has 0 spiro atoms. The third-order valence-corrected chi connectivity index (χ3v) is 7.14. The highest BCUT2D eigenvalue weighted by molar-refractivity contribution is 5.69. The van der Waals surface area contributed by atoms with Gasteiger partial charge in [0.05, 0.1) is 13.2 Å². The molecule has 282 valence electrons. The Hall–Kier alpha value is -4.65. The molecule has 2 fully saturated rings. The quantitative estimate of drug-likeness (QED) is 0.191. The van der Waals surface area contributed by atoms with Crippen LogP contribution in [0.3, 0.4) is 0 Å². The molecule has 0 N–H and O–H groups in total. The first-order valence-electron chi connectivity index (χ1n) is 15.8. The smallest absolute Gasteiger partial charge is 0.305 e. The van der Waals surface area contributed by atoms with Gasteiger partial charge < -0.3 is 52.1 Å². The lowest BCUT2D eigenvalue weighted by molar-refractivity contribution is -0.335. The molecule has 2 aliphatic rings. The van der Waals surface area contributed by atoms with E-state index in [2.05, 4.69) is 0 Å². The van der Waals surface area contributed by atoms with Crippen LogP contribution in [-0.4, -0.2) is 116 Å². The first-order chi connectivity index (χ1) is 24.0. The zero-order chi connectivity index (χ0) is 37.8. The highest BCUT2D eigenvalue weighted by atomic mass is 16.8. The number of carbonyl (C=O) groups is 7. The first-order valence-corrected chi connectivity index (χ1v) is 15.8. The fourth-order valence-electron chi connectivity index (χ4n) is 5.39. The molecule has 0 amide bonds. The highest BCUT2D eigenvalue weighted by Crippen LogP contribution is 2.33. The van der Waals surface area contributed by atoms with Crippen molar-refractivity contribution in [2.45, 2.75) is 116 Å². The van der Waals surface area contributed by atoms with Crippen molar-refractivity contribution in [1.29, 1.82) is 0 Å². The number of hydrogen-bond donors (Lipinski definition) is 0. The van der Waals surface area contributed by atoms with Crippen LogP contribution in [0.15, 0.2) is 30.3 Å². The molecular weight excluding hydrogens is 684 g/mol. The standard InChI is InChI=1S/C33H42O18/c1-16(34)41-14-24-26(44-17(2)35)28(46-19(4)37)30(42-13-23-11-9-8-10-12-23)32(50-24)43-15-25-27(45-18(3)36)29(47-20(5)38)31(48-21(6)39)33(51-25)49-22(7)40/h8-12,24-33H,13-15H2,1-7H3/t24-,25-,26+,27+,28+,29+,30-,31-,32-,33?/m1/s1. The maximum Gasteiger partial charge on any atom is 0.305 e. The molecule has 2 heterocycles. The van der Waals surface area contributed by atoms with Crippen LogP contribution in [0.5, 0.6) is 0 Å². The van der Waals surface area contributed by atoms with Gasteiger partial charge in [-0.2, -0.15) is 0 Å². The summed E-state index contributed by atoms with van der Waals surface area (Å²) in [6, 6.07) is 8.84. The van der Waals surface area contributed by atoms with Crippen molar-refractivity contribution < 1.29 is 85.7 Å². The fourth-order valence-corrected chi connectivity index (χ4v) is 5.39. The topological polar surface area (TPSA) is 221 Å². The van der Waals surface area contributed by atoms with E-state index in [0.717, 1.165) is 48.5 Å². The molecule has 18 nitrogen and oxygen atoms in total. The number of ether oxygens (including phenoxy) is 11. The van der Waals surface area contributed by atoms with Crippen LogP contribution in [-0.2, 0) is 92.3 Å². The van der Waals surface area contributed by atoms with E-state index < -0.39 is 116 Å². The van der Waals surface area contributed by atoms with Crippen molar-refractivity contribution in [3.63, 3.8) is 0 Å². The van der Waals surface area contributed by atoms with Crippen molar-refractivity contribution in [2.24, 2.45) is 0 Å². The highest BCUT2D eigenvalue weighted by Gasteiger charge is 2.55. The van der Waals surface area contributed by atoms with E-state index in [4.69, 9.17) is 52.1 Å². The Kier molecular flexibility index (Phi) is 15.3. The fraction of sp³-hybridized carbons (Fsp3) is 0.606. The molecule has 1 aromatic rings. The van der Waals surface area contributed by atoms with E-state index in [0.29, 0.717) is 5.56 Å². The summed E-state index contributed by atoms with van der Waals surface area (Å²) in [4.78, 5) is 84.8. The third-order valence-electron chi connectivity index (χ3n) is 7.14. The Labute approximate surface area is 293 Å². The van der Waals surface area contributed by atoms with Crippen LogP contribution in [0.4, 0.5) is 0 Å². The average Bonchev–Trinajstić information content (AvgIpc) is 3.02. The molecule has 0 aromatic heterocycles. The van der Waals surface area contributed by atoms with Gasteiger partial charge in [0, 0.05) is 48.5 Å². The van der Waals surface area contributed by atoms with Crippen molar-refractivity contribution in [3.05, 3.63) is 35.9 Å².